The van der Waals surface area contributed by atoms with Crippen LogP contribution in [-0.2, 0) is 24.6 Å². The van der Waals surface area contributed by atoms with Gasteiger partial charge in [-0.2, -0.15) is 9.91 Å². The summed E-state index contributed by atoms with van der Waals surface area (Å²) in [5.41, 5.74) is 8.36. The third-order valence-electron chi connectivity index (χ3n) is 10.7. The molecule has 12 heteroatoms. The minimum Gasteiger partial charge on any atom is -0.507 e. The van der Waals surface area contributed by atoms with E-state index in [2.05, 4.69) is 5.43 Å². The Kier molecular flexibility index (Phi) is 6.90. The van der Waals surface area contributed by atoms with Crippen LogP contribution in [0.5, 0.6) is 5.75 Å². The van der Waals surface area contributed by atoms with Crippen molar-refractivity contribution in [1.82, 2.24) is 9.91 Å². The van der Waals surface area contributed by atoms with E-state index < -0.39 is 70.5 Å². The Bertz CT molecular complexity index is 2150. The fraction of sp³-hybridized carbons (Fsp3) is 0.216. The Morgan fingerprint density at radius 2 is 1.61 bits per heavy atom. The van der Waals surface area contributed by atoms with Crippen LogP contribution in [0.15, 0.2) is 96.6 Å². The third kappa shape index (κ3) is 4.28. The molecule has 4 aromatic rings. The molecular formula is C37H28ClFN4O6. The predicted molar refractivity (Wildman–Crippen MR) is 176 cm³/mol. The number of likely N-dealkylation sites (tertiary alicyclic amines) is 1. The Morgan fingerprint density at radius 3 is 2.33 bits per heavy atom. The Labute approximate surface area is 283 Å². The van der Waals surface area contributed by atoms with Crippen LogP contribution in [0.25, 0.3) is 10.8 Å². The van der Waals surface area contributed by atoms with E-state index in [0.717, 1.165) is 10.4 Å². The van der Waals surface area contributed by atoms with Crippen LogP contribution >= 0.6 is 11.6 Å². The molecule has 2 saturated heterocycles. The summed E-state index contributed by atoms with van der Waals surface area (Å²) < 4.78 is 13.8. The number of hydrazine groups is 1. The van der Waals surface area contributed by atoms with Crippen molar-refractivity contribution in [3.8, 4) is 5.75 Å². The molecule has 0 aromatic heterocycles. The number of hydrogen-bond donors (Lipinski definition) is 3. The fourth-order valence-corrected chi connectivity index (χ4v) is 8.85. The lowest BCUT2D eigenvalue weighted by atomic mass is 9.49. The number of phenolic OH excluding ortho intramolecular Hbond substituents is 1. The average molecular weight is 679 g/mol. The molecular weight excluding hydrogens is 651 g/mol. The first kappa shape index (κ1) is 30.8. The molecule has 3 fully saturated rings. The minimum atomic E-state index is -1.67. The third-order valence-corrected chi connectivity index (χ3v) is 11.0. The van der Waals surface area contributed by atoms with Gasteiger partial charge in [-0.1, -0.05) is 71.8 Å². The SMILES string of the molecule is NC(=O)N1C(=O)C2CC=C3C(CC4C(=O)N(Nc5ccc(F)cc5)C(=O)C4(c4ccc(Cl)cc4)C3c3ccc4ccccc4c3O)C2C1=O. The molecule has 246 valence electrons. The number of amides is 6. The zero-order valence-corrected chi connectivity index (χ0v) is 26.4. The van der Waals surface area contributed by atoms with Gasteiger partial charge in [0.2, 0.25) is 11.8 Å². The number of fused-ring (bicyclic) bond motifs is 5. The van der Waals surface area contributed by atoms with E-state index in [4.69, 9.17) is 17.3 Å². The van der Waals surface area contributed by atoms with E-state index >= 15 is 4.79 Å². The maximum Gasteiger partial charge on any atom is 0.328 e. The summed E-state index contributed by atoms with van der Waals surface area (Å²) in [4.78, 5) is 69.7. The molecule has 6 amide bonds. The summed E-state index contributed by atoms with van der Waals surface area (Å²) in [7, 11) is 0. The topological polar surface area (TPSA) is 150 Å². The van der Waals surface area contributed by atoms with Gasteiger partial charge in [0.1, 0.15) is 11.6 Å². The number of halogens is 2. The number of nitrogens with zero attached hydrogens (tertiary/aromatic N) is 2. The fourth-order valence-electron chi connectivity index (χ4n) is 8.72. The van der Waals surface area contributed by atoms with Gasteiger partial charge in [0.25, 0.3) is 11.8 Å². The molecule has 6 unspecified atom stereocenters. The number of hydrogen-bond acceptors (Lipinski definition) is 7. The number of benzene rings is 4. The molecule has 1 saturated carbocycles. The summed E-state index contributed by atoms with van der Waals surface area (Å²) >= 11 is 6.32. The number of allylic oxidation sites excluding steroid dienone is 2. The lowest BCUT2D eigenvalue weighted by Gasteiger charge is -2.50. The van der Waals surface area contributed by atoms with Crippen molar-refractivity contribution >= 4 is 57.7 Å². The molecule has 0 spiro atoms. The number of phenols is 1. The zero-order chi connectivity index (χ0) is 34.4. The number of nitrogens with one attached hydrogen (secondary N) is 1. The lowest BCUT2D eigenvalue weighted by molar-refractivity contribution is -0.139. The van der Waals surface area contributed by atoms with Crippen molar-refractivity contribution in [3.05, 3.63) is 119 Å². The van der Waals surface area contributed by atoms with Crippen molar-refractivity contribution in [2.75, 3.05) is 5.43 Å². The van der Waals surface area contributed by atoms with Gasteiger partial charge in [0, 0.05) is 21.9 Å². The number of rotatable bonds is 4. The van der Waals surface area contributed by atoms with E-state index in [9.17, 15) is 28.7 Å². The number of primary amides is 1. The summed E-state index contributed by atoms with van der Waals surface area (Å²) in [5, 5.41) is 14.6. The quantitative estimate of drug-likeness (QED) is 0.193. The highest BCUT2D eigenvalue weighted by Crippen LogP contribution is 2.65. The Balaban J connectivity index is 1.39. The highest BCUT2D eigenvalue weighted by molar-refractivity contribution is 6.30. The molecule has 49 heavy (non-hydrogen) atoms. The van der Waals surface area contributed by atoms with Gasteiger partial charge in [-0.25, -0.2) is 9.18 Å². The van der Waals surface area contributed by atoms with Crippen molar-refractivity contribution in [1.29, 1.82) is 0 Å². The average Bonchev–Trinajstić information content (AvgIpc) is 3.47. The van der Waals surface area contributed by atoms with Crippen LogP contribution in [0.1, 0.15) is 29.9 Å². The predicted octanol–water partition coefficient (Wildman–Crippen LogP) is 5.40. The number of carbonyl (C=O) groups excluding carboxylic acids is 5. The van der Waals surface area contributed by atoms with Gasteiger partial charge in [0.15, 0.2) is 0 Å². The molecule has 10 nitrogen and oxygen atoms in total. The largest absolute Gasteiger partial charge is 0.507 e. The van der Waals surface area contributed by atoms with E-state index in [0.29, 0.717) is 32.0 Å². The van der Waals surface area contributed by atoms with Gasteiger partial charge < -0.3 is 10.8 Å². The van der Waals surface area contributed by atoms with E-state index in [-0.39, 0.29) is 24.3 Å². The van der Waals surface area contributed by atoms with Gasteiger partial charge >= 0.3 is 6.03 Å². The van der Waals surface area contributed by atoms with Crippen LogP contribution in [0.4, 0.5) is 14.9 Å². The van der Waals surface area contributed by atoms with Crippen molar-refractivity contribution in [2.24, 2.45) is 29.4 Å². The number of anilines is 1. The Morgan fingerprint density at radius 1 is 0.898 bits per heavy atom. The van der Waals surface area contributed by atoms with Crippen LogP contribution in [0.2, 0.25) is 5.02 Å². The molecule has 2 aliphatic heterocycles. The molecule has 4 aliphatic rings. The summed E-state index contributed by atoms with van der Waals surface area (Å²) in [5.74, 6) is -8.09. The van der Waals surface area contributed by atoms with Gasteiger partial charge in [0.05, 0.1) is 28.9 Å². The monoisotopic (exact) mass is 678 g/mol. The highest BCUT2D eigenvalue weighted by Gasteiger charge is 2.70. The molecule has 0 bridgehead atoms. The van der Waals surface area contributed by atoms with Crippen LogP contribution < -0.4 is 11.2 Å². The molecule has 4 N–H and O–H groups in total. The van der Waals surface area contributed by atoms with Crippen LogP contribution in [-0.4, -0.2) is 44.7 Å². The normalized spacial score (nSPS) is 27.6. The molecule has 2 heterocycles. The van der Waals surface area contributed by atoms with E-state index in [1.165, 1.54) is 24.3 Å². The zero-order valence-electron chi connectivity index (χ0n) is 25.7. The Hall–Kier alpha value is -5.55. The molecule has 0 radical (unpaired) electrons. The van der Waals surface area contributed by atoms with E-state index in [1.54, 1.807) is 42.5 Å². The molecule has 8 rings (SSSR count). The standard InChI is InChI=1S/C37H28ClFN4O6/c38-20-8-6-19(7-9-20)37-28(33(46)43(35(37)48)41-22-12-10-21(39)11-13-22)17-27-24(15-16-25-29(27)34(47)42(32(25)45)36(40)49)30(37)26-14-5-18-3-1-2-4-23(18)31(26)44/h1-15,25,27-30,41,44H,16-17H2,(H2,40,49). The summed E-state index contributed by atoms with van der Waals surface area (Å²) in [6.45, 7) is 0. The second-order valence-electron chi connectivity index (χ2n) is 12.9. The minimum absolute atomic E-state index is 0.0295. The maximum absolute atomic E-state index is 15.2. The maximum atomic E-state index is 15.2. The first-order chi connectivity index (χ1) is 23.5. The summed E-state index contributed by atoms with van der Waals surface area (Å²) in [6.07, 6.45) is 1.86. The number of urea groups is 1. The summed E-state index contributed by atoms with van der Waals surface area (Å²) in [6, 6.07) is 21.3. The number of aromatic hydroxyl groups is 1. The van der Waals surface area contributed by atoms with Crippen molar-refractivity contribution < 1.29 is 33.5 Å². The van der Waals surface area contributed by atoms with Gasteiger partial charge in [-0.15, -0.1) is 0 Å². The van der Waals surface area contributed by atoms with Crippen LogP contribution in [0, 0.1) is 29.5 Å². The molecule has 4 aromatic carbocycles. The van der Waals surface area contributed by atoms with Gasteiger partial charge in [-0.3, -0.25) is 24.6 Å². The number of nitrogens with two attached hydrogens (primary N) is 1. The second kappa shape index (κ2) is 11.0. The number of imide groups is 4. The van der Waals surface area contributed by atoms with Crippen molar-refractivity contribution in [3.63, 3.8) is 0 Å². The molecule has 6 atom stereocenters. The second-order valence-corrected chi connectivity index (χ2v) is 13.4. The van der Waals surface area contributed by atoms with Gasteiger partial charge in [-0.05, 0) is 66.1 Å². The highest BCUT2D eigenvalue weighted by atomic mass is 35.5. The van der Waals surface area contributed by atoms with Crippen LogP contribution in [0.3, 0.4) is 0 Å². The smallest absolute Gasteiger partial charge is 0.328 e. The van der Waals surface area contributed by atoms with E-state index in [1.807, 2.05) is 24.3 Å². The molecule has 2 aliphatic carbocycles. The first-order valence-electron chi connectivity index (χ1n) is 15.8. The number of carbonyl (C=O) groups is 5. The lowest BCUT2D eigenvalue weighted by Crippen LogP contribution is -2.53. The van der Waals surface area contributed by atoms with Crippen molar-refractivity contribution in [2.45, 2.75) is 24.2 Å². The first-order valence-corrected chi connectivity index (χ1v) is 16.2.